The van der Waals surface area contributed by atoms with Crippen LogP contribution >= 0.6 is 0 Å². The van der Waals surface area contributed by atoms with Gasteiger partial charge in [-0.3, -0.25) is 4.79 Å². The fraction of sp³-hybridized carbons (Fsp3) is 0.455. The number of anilines is 1. The zero-order valence-electron chi connectivity index (χ0n) is 9.90. The Bertz CT molecular complexity index is 426. The molecule has 17 heavy (non-hydrogen) atoms. The SMILES string of the molecule is CCCNC(=O)C(C)Nc1nnccc1C#N. The highest BCUT2D eigenvalue weighted by molar-refractivity contribution is 5.84. The van der Waals surface area contributed by atoms with Gasteiger partial charge in [0.05, 0.1) is 11.8 Å². The van der Waals surface area contributed by atoms with Crippen molar-refractivity contribution in [2.24, 2.45) is 0 Å². The van der Waals surface area contributed by atoms with Crippen LogP contribution in [0.2, 0.25) is 0 Å². The molecule has 1 aromatic rings. The van der Waals surface area contributed by atoms with Crippen LogP contribution in [0.15, 0.2) is 12.3 Å². The van der Waals surface area contributed by atoms with Gasteiger partial charge < -0.3 is 10.6 Å². The molecule has 0 aromatic carbocycles. The van der Waals surface area contributed by atoms with Crippen molar-refractivity contribution < 1.29 is 4.79 Å². The standard InChI is InChI=1S/C11H15N5O/c1-3-5-13-11(17)8(2)15-10-9(7-12)4-6-14-16-10/h4,6,8H,3,5H2,1-2H3,(H,13,17)(H,15,16). The van der Waals surface area contributed by atoms with E-state index in [9.17, 15) is 4.79 Å². The maximum absolute atomic E-state index is 11.6. The molecular weight excluding hydrogens is 218 g/mol. The number of carbonyl (C=O) groups is 1. The largest absolute Gasteiger partial charge is 0.356 e. The van der Waals surface area contributed by atoms with Gasteiger partial charge in [0.2, 0.25) is 5.91 Å². The lowest BCUT2D eigenvalue weighted by molar-refractivity contribution is -0.121. The molecule has 1 atom stereocenters. The Balaban J connectivity index is 2.65. The Morgan fingerprint density at radius 2 is 2.41 bits per heavy atom. The van der Waals surface area contributed by atoms with Crippen LogP contribution in [0.4, 0.5) is 5.82 Å². The summed E-state index contributed by atoms with van der Waals surface area (Å²) in [4.78, 5) is 11.6. The van der Waals surface area contributed by atoms with Gasteiger partial charge >= 0.3 is 0 Å². The van der Waals surface area contributed by atoms with Crippen LogP contribution in [0.25, 0.3) is 0 Å². The van der Waals surface area contributed by atoms with Crippen LogP contribution in [-0.2, 0) is 4.79 Å². The highest BCUT2D eigenvalue weighted by atomic mass is 16.2. The minimum absolute atomic E-state index is 0.124. The van der Waals surface area contributed by atoms with Gasteiger partial charge in [-0.25, -0.2) is 0 Å². The number of amides is 1. The molecule has 0 saturated heterocycles. The summed E-state index contributed by atoms with van der Waals surface area (Å²) in [6.07, 6.45) is 2.32. The average Bonchev–Trinajstić information content (AvgIpc) is 2.36. The van der Waals surface area contributed by atoms with E-state index in [0.29, 0.717) is 17.9 Å². The van der Waals surface area contributed by atoms with Gasteiger partial charge in [0, 0.05) is 6.54 Å². The number of nitrogens with one attached hydrogen (secondary N) is 2. The normalized spacial score (nSPS) is 11.4. The predicted octanol–water partition coefficient (Wildman–Crippen LogP) is 0.675. The summed E-state index contributed by atoms with van der Waals surface area (Å²) in [7, 11) is 0. The molecule has 90 valence electrons. The van der Waals surface area contributed by atoms with Crippen LogP contribution in [0.3, 0.4) is 0 Å². The zero-order chi connectivity index (χ0) is 12.7. The Morgan fingerprint density at radius 1 is 1.65 bits per heavy atom. The van der Waals surface area contributed by atoms with Gasteiger partial charge in [-0.1, -0.05) is 6.92 Å². The summed E-state index contributed by atoms with van der Waals surface area (Å²) in [5, 5.41) is 21.9. The molecule has 1 rings (SSSR count). The molecule has 0 aliphatic rings. The first kappa shape index (κ1) is 12.9. The van der Waals surface area contributed by atoms with Gasteiger partial charge in [-0.15, -0.1) is 5.10 Å². The van der Waals surface area contributed by atoms with E-state index in [0.717, 1.165) is 6.42 Å². The molecule has 0 fully saturated rings. The molecule has 0 spiro atoms. The molecule has 1 amide bonds. The summed E-state index contributed by atoms with van der Waals surface area (Å²) in [5.41, 5.74) is 0.371. The lowest BCUT2D eigenvalue weighted by Crippen LogP contribution is -2.38. The van der Waals surface area contributed by atoms with E-state index in [1.165, 1.54) is 6.20 Å². The van der Waals surface area contributed by atoms with Crippen molar-refractivity contribution in [3.05, 3.63) is 17.8 Å². The van der Waals surface area contributed by atoms with Gasteiger partial charge in [-0.2, -0.15) is 10.4 Å². The fourth-order valence-corrected chi connectivity index (χ4v) is 1.20. The van der Waals surface area contributed by atoms with Gasteiger partial charge in [0.15, 0.2) is 5.82 Å². The number of nitriles is 1. The number of nitrogens with zero attached hydrogens (tertiary/aromatic N) is 3. The highest BCUT2D eigenvalue weighted by Gasteiger charge is 2.14. The Hall–Kier alpha value is -2.16. The smallest absolute Gasteiger partial charge is 0.242 e. The van der Waals surface area contributed by atoms with E-state index in [-0.39, 0.29) is 5.91 Å². The number of hydrogen-bond acceptors (Lipinski definition) is 5. The van der Waals surface area contributed by atoms with Crippen molar-refractivity contribution in [3.8, 4) is 6.07 Å². The van der Waals surface area contributed by atoms with Gasteiger partial charge in [-0.05, 0) is 19.4 Å². The zero-order valence-corrected chi connectivity index (χ0v) is 9.90. The second-order valence-electron chi connectivity index (χ2n) is 3.56. The molecule has 1 heterocycles. The maximum Gasteiger partial charge on any atom is 0.242 e. The molecule has 0 aliphatic carbocycles. The number of rotatable bonds is 5. The first-order valence-electron chi connectivity index (χ1n) is 5.45. The van der Waals surface area contributed by atoms with Crippen LogP contribution in [0, 0.1) is 11.3 Å². The topological polar surface area (TPSA) is 90.7 Å². The van der Waals surface area contributed by atoms with Crippen LogP contribution < -0.4 is 10.6 Å². The Morgan fingerprint density at radius 3 is 3.06 bits per heavy atom. The second-order valence-corrected chi connectivity index (χ2v) is 3.56. The van der Waals surface area contributed by atoms with Crippen molar-refractivity contribution in [1.29, 1.82) is 5.26 Å². The number of hydrogen-bond donors (Lipinski definition) is 2. The number of aromatic nitrogens is 2. The molecule has 0 radical (unpaired) electrons. The molecular formula is C11H15N5O. The van der Waals surface area contributed by atoms with Gasteiger partial charge in [0.25, 0.3) is 0 Å². The summed E-state index contributed by atoms with van der Waals surface area (Å²) >= 11 is 0. The number of carbonyl (C=O) groups excluding carboxylic acids is 1. The Labute approximate surface area is 100 Å². The minimum atomic E-state index is -0.453. The van der Waals surface area contributed by atoms with E-state index in [1.54, 1.807) is 13.0 Å². The molecule has 0 saturated carbocycles. The predicted molar refractivity (Wildman–Crippen MR) is 63.1 cm³/mol. The summed E-state index contributed by atoms with van der Waals surface area (Å²) in [6, 6.07) is 3.08. The molecule has 2 N–H and O–H groups in total. The fourth-order valence-electron chi connectivity index (χ4n) is 1.20. The maximum atomic E-state index is 11.6. The average molecular weight is 233 g/mol. The minimum Gasteiger partial charge on any atom is -0.356 e. The van der Waals surface area contributed by atoms with Gasteiger partial charge in [0.1, 0.15) is 12.1 Å². The molecule has 1 unspecified atom stereocenters. The van der Waals surface area contributed by atoms with Crippen LogP contribution in [0.1, 0.15) is 25.8 Å². The molecule has 6 nitrogen and oxygen atoms in total. The monoisotopic (exact) mass is 233 g/mol. The third kappa shape index (κ3) is 3.72. The van der Waals surface area contributed by atoms with Crippen molar-refractivity contribution in [2.45, 2.75) is 26.3 Å². The van der Waals surface area contributed by atoms with Crippen molar-refractivity contribution in [1.82, 2.24) is 15.5 Å². The third-order valence-electron chi connectivity index (χ3n) is 2.14. The first-order chi connectivity index (χ1) is 8.19. The van der Waals surface area contributed by atoms with Crippen LogP contribution in [0.5, 0.6) is 0 Å². The third-order valence-corrected chi connectivity index (χ3v) is 2.14. The summed E-state index contributed by atoms with van der Waals surface area (Å²) in [5.74, 6) is 0.204. The lowest BCUT2D eigenvalue weighted by atomic mass is 10.2. The van der Waals surface area contributed by atoms with Crippen molar-refractivity contribution in [3.63, 3.8) is 0 Å². The van der Waals surface area contributed by atoms with Crippen LogP contribution in [-0.4, -0.2) is 28.7 Å². The summed E-state index contributed by atoms with van der Waals surface area (Å²) < 4.78 is 0. The van der Waals surface area contributed by atoms with E-state index in [4.69, 9.17) is 5.26 Å². The van der Waals surface area contributed by atoms with E-state index >= 15 is 0 Å². The van der Waals surface area contributed by atoms with Crippen molar-refractivity contribution in [2.75, 3.05) is 11.9 Å². The Kier molecular flexibility index (Phi) is 4.88. The van der Waals surface area contributed by atoms with Crippen molar-refractivity contribution >= 4 is 11.7 Å². The molecule has 0 bridgehead atoms. The first-order valence-corrected chi connectivity index (χ1v) is 5.45. The lowest BCUT2D eigenvalue weighted by Gasteiger charge is -2.14. The van der Waals surface area contributed by atoms with E-state index < -0.39 is 6.04 Å². The molecule has 0 aliphatic heterocycles. The van der Waals surface area contributed by atoms with E-state index in [1.807, 2.05) is 13.0 Å². The molecule has 6 heteroatoms. The highest BCUT2D eigenvalue weighted by Crippen LogP contribution is 2.09. The quantitative estimate of drug-likeness (QED) is 0.780. The second kappa shape index (κ2) is 6.43. The van der Waals surface area contributed by atoms with E-state index in [2.05, 4.69) is 20.8 Å². The summed E-state index contributed by atoms with van der Waals surface area (Å²) in [6.45, 7) is 4.33. The molecule has 1 aromatic heterocycles.